The first-order chi connectivity index (χ1) is 13.0. The highest BCUT2D eigenvalue weighted by Crippen LogP contribution is 2.42. The fourth-order valence-corrected chi connectivity index (χ4v) is 4.34. The average molecular weight is 378 g/mol. The Kier molecular flexibility index (Phi) is 4.27. The monoisotopic (exact) mass is 378 g/mol. The van der Waals surface area contributed by atoms with Crippen molar-refractivity contribution in [3.8, 4) is 22.7 Å². The van der Waals surface area contributed by atoms with Crippen LogP contribution in [-0.2, 0) is 11.8 Å². The van der Waals surface area contributed by atoms with Gasteiger partial charge in [0.1, 0.15) is 5.75 Å². The van der Waals surface area contributed by atoms with Gasteiger partial charge in [0.2, 0.25) is 0 Å². The van der Waals surface area contributed by atoms with Gasteiger partial charge in [0, 0.05) is 16.5 Å². The van der Waals surface area contributed by atoms with Crippen LogP contribution in [0.4, 0.5) is 0 Å². The highest BCUT2D eigenvalue weighted by Gasteiger charge is 2.37. The molecule has 2 aromatic carbocycles. The summed E-state index contributed by atoms with van der Waals surface area (Å²) in [5, 5.41) is 0. The summed E-state index contributed by atoms with van der Waals surface area (Å²) in [6, 6.07) is 15.7. The number of para-hydroxylation sites is 2. The zero-order valence-electron chi connectivity index (χ0n) is 15.7. The van der Waals surface area contributed by atoms with E-state index in [0.29, 0.717) is 16.2 Å². The van der Waals surface area contributed by atoms with Crippen molar-refractivity contribution in [3.63, 3.8) is 0 Å². The summed E-state index contributed by atoms with van der Waals surface area (Å²) in [7, 11) is 1.60. The van der Waals surface area contributed by atoms with E-state index in [-0.39, 0.29) is 11.0 Å². The molecule has 5 heteroatoms. The minimum absolute atomic E-state index is 0.0721. The Morgan fingerprint density at radius 3 is 2.63 bits per heavy atom. The van der Waals surface area contributed by atoms with E-state index >= 15 is 0 Å². The number of fused-ring (bicyclic) bond motifs is 3. The number of hydrogen-bond donors (Lipinski definition) is 1. The molecule has 0 amide bonds. The molecule has 0 saturated carbocycles. The summed E-state index contributed by atoms with van der Waals surface area (Å²) in [6.45, 7) is 4.29. The van der Waals surface area contributed by atoms with E-state index in [0.717, 1.165) is 29.7 Å². The van der Waals surface area contributed by atoms with Gasteiger partial charge in [-0.05, 0) is 42.8 Å². The van der Waals surface area contributed by atoms with Crippen LogP contribution in [0.1, 0.15) is 31.4 Å². The van der Waals surface area contributed by atoms with Crippen molar-refractivity contribution in [3.05, 3.63) is 74.8 Å². The lowest BCUT2D eigenvalue weighted by molar-refractivity contribution is 0.411. The van der Waals surface area contributed by atoms with Crippen molar-refractivity contribution >= 4 is 12.2 Å². The third-order valence-corrected chi connectivity index (χ3v) is 5.96. The maximum atomic E-state index is 13.7. The van der Waals surface area contributed by atoms with E-state index in [2.05, 4.69) is 31.0 Å². The molecule has 4 nitrogen and oxygen atoms in total. The van der Waals surface area contributed by atoms with Crippen LogP contribution < -0.4 is 10.3 Å². The first-order valence-corrected chi connectivity index (χ1v) is 9.52. The van der Waals surface area contributed by atoms with Gasteiger partial charge < -0.3 is 9.72 Å². The minimum atomic E-state index is -0.260. The number of H-pyrrole nitrogens is 1. The van der Waals surface area contributed by atoms with Gasteiger partial charge in [-0.1, -0.05) is 50.2 Å². The Morgan fingerprint density at radius 1 is 1.19 bits per heavy atom. The number of methoxy groups -OCH3 is 1. The Labute approximate surface area is 163 Å². The molecular formula is C22H22N2O2S. The fraction of sp³-hybridized carbons (Fsp3) is 0.273. The third-order valence-electron chi connectivity index (χ3n) is 5.68. The molecule has 3 aromatic rings. The van der Waals surface area contributed by atoms with Crippen molar-refractivity contribution in [2.45, 2.75) is 32.1 Å². The van der Waals surface area contributed by atoms with Gasteiger partial charge in [0.05, 0.1) is 18.5 Å². The minimum Gasteiger partial charge on any atom is -0.495 e. The number of ether oxygens (including phenoxy) is 1. The average Bonchev–Trinajstić information content (AvgIpc) is 2.68. The number of rotatable bonds is 3. The van der Waals surface area contributed by atoms with Gasteiger partial charge in [0.25, 0.3) is 5.56 Å². The molecule has 1 N–H and O–H groups in total. The van der Waals surface area contributed by atoms with Gasteiger partial charge in [-0.25, -0.2) is 4.57 Å². The Bertz CT molecular complexity index is 1150. The van der Waals surface area contributed by atoms with Crippen LogP contribution in [0.15, 0.2) is 53.3 Å². The van der Waals surface area contributed by atoms with Crippen molar-refractivity contribution in [2.75, 3.05) is 7.11 Å². The molecule has 1 aliphatic carbocycles. The Balaban J connectivity index is 2.11. The number of nitrogens with one attached hydrogen (secondary N) is 1. The first-order valence-electron chi connectivity index (χ1n) is 9.11. The number of hydrogen-bond acceptors (Lipinski definition) is 3. The summed E-state index contributed by atoms with van der Waals surface area (Å²) in [5.74, 6) is 0.619. The Hall–Kier alpha value is -2.66. The lowest BCUT2D eigenvalue weighted by atomic mass is 9.69. The molecule has 0 fully saturated rings. The molecule has 138 valence electrons. The highest BCUT2D eigenvalue weighted by molar-refractivity contribution is 7.71. The third kappa shape index (κ3) is 2.65. The predicted molar refractivity (Wildman–Crippen MR) is 111 cm³/mol. The standard InChI is InChI=1S/C22H22N2O2S/c1-4-22(2)13-14-9-5-6-10-15(14)19-18(22)20(25)24(21(27)23-19)16-11-7-8-12-17(16)26-3/h5-12H,4,13H2,1-3H3,(H,23,27)/t22-/m0/s1. The van der Waals surface area contributed by atoms with Crippen molar-refractivity contribution < 1.29 is 4.74 Å². The maximum Gasteiger partial charge on any atom is 0.263 e. The van der Waals surface area contributed by atoms with Crippen LogP contribution in [0.2, 0.25) is 0 Å². The molecular weight excluding hydrogens is 356 g/mol. The number of aromatic nitrogens is 2. The molecule has 4 rings (SSSR count). The molecule has 0 bridgehead atoms. The van der Waals surface area contributed by atoms with Gasteiger partial charge in [-0.2, -0.15) is 0 Å². The van der Waals surface area contributed by atoms with Crippen LogP contribution in [0.5, 0.6) is 5.75 Å². The van der Waals surface area contributed by atoms with Crippen LogP contribution in [-0.4, -0.2) is 16.7 Å². The number of nitrogens with zero attached hydrogens (tertiary/aromatic N) is 1. The smallest absolute Gasteiger partial charge is 0.263 e. The lowest BCUT2D eigenvalue weighted by Crippen LogP contribution is -2.39. The lowest BCUT2D eigenvalue weighted by Gasteiger charge is -2.35. The number of benzene rings is 2. The van der Waals surface area contributed by atoms with Crippen LogP contribution in [0.25, 0.3) is 16.9 Å². The van der Waals surface area contributed by atoms with E-state index in [1.807, 2.05) is 36.4 Å². The second-order valence-corrected chi connectivity index (χ2v) is 7.63. The molecule has 0 spiro atoms. The highest BCUT2D eigenvalue weighted by atomic mass is 32.1. The molecule has 0 unspecified atom stereocenters. The molecule has 0 saturated heterocycles. The van der Waals surface area contributed by atoms with E-state index < -0.39 is 0 Å². The summed E-state index contributed by atoms with van der Waals surface area (Å²) >= 11 is 5.61. The molecule has 1 aliphatic rings. The van der Waals surface area contributed by atoms with Crippen molar-refractivity contribution in [1.82, 2.24) is 9.55 Å². The first kappa shape index (κ1) is 17.7. The molecule has 27 heavy (non-hydrogen) atoms. The van der Waals surface area contributed by atoms with Crippen LogP contribution >= 0.6 is 12.2 Å². The summed E-state index contributed by atoms with van der Waals surface area (Å²) in [4.78, 5) is 17.1. The summed E-state index contributed by atoms with van der Waals surface area (Å²) in [6.07, 6.45) is 1.69. The topological polar surface area (TPSA) is 47.0 Å². The van der Waals surface area contributed by atoms with Crippen molar-refractivity contribution in [2.24, 2.45) is 0 Å². The second kappa shape index (κ2) is 6.50. The molecule has 1 heterocycles. The van der Waals surface area contributed by atoms with E-state index in [1.165, 1.54) is 5.56 Å². The molecule has 0 aliphatic heterocycles. The van der Waals surface area contributed by atoms with Gasteiger partial charge in [-0.15, -0.1) is 0 Å². The quantitative estimate of drug-likeness (QED) is 0.666. The van der Waals surface area contributed by atoms with Crippen LogP contribution in [0, 0.1) is 4.77 Å². The number of aromatic amines is 1. The molecule has 1 aromatic heterocycles. The molecule has 0 radical (unpaired) electrons. The van der Waals surface area contributed by atoms with E-state index in [1.54, 1.807) is 11.7 Å². The maximum absolute atomic E-state index is 13.7. The van der Waals surface area contributed by atoms with Gasteiger partial charge >= 0.3 is 0 Å². The molecule has 1 atom stereocenters. The normalized spacial score (nSPS) is 17.9. The van der Waals surface area contributed by atoms with Crippen molar-refractivity contribution in [1.29, 1.82) is 0 Å². The van der Waals surface area contributed by atoms with E-state index in [9.17, 15) is 4.79 Å². The largest absolute Gasteiger partial charge is 0.495 e. The Morgan fingerprint density at radius 2 is 1.89 bits per heavy atom. The fourth-order valence-electron chi connectivity index (χ4n) is 4.06. The van der Waals surface area contributed by atoms with E-state index in [4.69, 9.17) is 17.0 Å². The zero-order chi connectivity index (χ0) is 19.2. The predicted octanol–water partition coefficient (Wildman–Crippen LogP) is 4.79. The van der Waals surface area contributed by atoms with Gasteiger partial charge in [-0.3, -0.25) is 4.79 Å². The summed E-state index contributed by atoms with van der Waals surface area (Å²) in [5.41, 5.74) is 4.28. The second-order valence-electron chi connectivity index (χ2n) is 7.24. The van der Waals surface area contributed by atoms with Crippen LogP contribution in [0.3, 0.4) is 0 Å². The summed E-state index contributed by atoms with van der Waals surface area (Å²) < 4.78 is 7.41. The SMILES string of the molecule is CC[C@@]1(C)Cc2ccccc2-c2[nH]c(=S)n(-c3ccccc3OC)c(=O)c21. The van der Waals surface area contributed by atoms with Gasteiger partial charge in [0.15, 0.2) is 4.77 Å². The zero-order valence-corrected chi connectivity index (χ0v) is 16.5.